The van der Waals surface area contributed by atoms with E-state index in [1.807, 2.05) is 7.05 Å². The summed E-state index contributed by atoms with van der Waals surface area (Å²) in [6, 6.07) is 5.23. The predicted octanol–water partition coefficient (Wildman–Crippen LogP) is 2.65. The number of benzene rings is 1. The molecule has 1 aliphatic rings. The summed E-state index contributed by atoms with van der Waals surface area (Å²) in [6.45, 7) is 2.94. The minimum atomic E-state index is -0.0320. The van der Waals surface area contributed by atoms with Gasteiger partial charge in [0.1, 0.15) is 0 Å². The van der Waals surface area contributed by atoms with E-state index in [9.17, 15) is 4.79 Å². The van der Waals surface area contributed by atoms with Gasteiger partial charge in [-0.1, -0.05) is 11.6 Å². The third-order valence-corrected chi connectivity index (χ3v) is 4.16. The van der Waals surface area contributed by atoms with Crippen LogP contribution in [0.3, 0.4) is 0 Å². The van der Waals surface area contributed by atoms with Crippen LogP contribution in [-0.4, -0.2) is 49.4 Å². The molecule has 1 amide bonds. The van der Waals surface area contributed by atoms with Crippen LogP contribution in [0.25, 0.3) is 0 Å². The minimum Gasteiger partial charge on any atom is -0.341 e. The SMILES string of the molecule is CN1CCC(CN(C)C(=O)c2cc(S)ccc2Cl)C1. The fourth-order valence-electron chi connectivity index (χ4n) is 2.53. The van der Waals surface area contributed by atoms with Gasteiger partial charge in [0.05, 0.1) is 10.6 Å². The van der Waals surface area contributed by atoms with E-state index in [2.05, 4.69) is 24.6 Å². The van der Waals surface area contributed by atoms with Gasteiger partial charge in [-0.2, -0.15) is 0 Å². The Morgan fingerprint density at radius 3 is 2.95 bits per heavy atom. The van der Waals surface area contributed by atoms with E-state index in [4.69, 9.17) is 11.6 Å². The molecule has 0 bridgehead atoms. The highest BCUT2D eigenvalue weighted by Gasteiger charge is 2.23. The third kappa shape index (κ3) is 3.65. The van der Waals surface area contributed by atoms with Gasteiger partial charge < -0.3 is 9.80 Å². The number of hydrogen-bond acceptors (Lipinski definition) is 3. The van der Waals surface area contributed by atoms with E-state index in [-0.39, 0.29) is 5.91 Å². The lowest BCUT2D eigenvalue weighted by Gasteiger charge is -2.22. The maximum atomic E-state index is 12.4. The van der Waals surface area contributed by atoms with Crippen molar-refractivity contribution in [3.05, 3.63) is 28.8 Å². The number of carbonyl (C=O) groups is 1. The Labute approximate surface area is 124 Å². The molecule has 0 N–H and O–H groups in total. The predicted molar refractivity (Wildman–Crippen MR) is 81.3 cm³/mol. The van der Waals surface area contributed by atoms with Crippen LogP contribution in [0.2, 0.25) is 5.02 Å². The van der Waals surface area contributed by atoms with Gasteiger partial charge in [-0.25, -0.2) is 0 Å². The molecule has 1 fully saturated rings. The second-order valence-electron chi connectivity index (χ2n) is 5.27. The van der Waals surface area contributed by atoms with Crippen molar-refractivity contribution in [2.45, 2.75) is 11.3 Å². The molecule has 1 aromatic rings. The second kappa shape index (κ2) is 6.16. The van der Waals surface area contributed by atoms with Crippen LogP contribution in [0.15, 0.2) is 23.1 Å². The molecule has 1 unspecified atom stereocenters. The van der Waals surface area contributed by atoms with Gasteiger partial charge in [-0.3, -0.25) is 4.79 Å². The number of nitrogens with zero attached hydrogens (tertiary/aromatic N) is 2. The smallest absolute Gasteiger partial charge is 0.255 e. The van der Waals surface area contributed by atoms with E-state index >= 15 is 0 Å². The van der Waals surface area contributed by atoms with Crippen molar-refractivity contribution in [2.75, 3.05) is 33.7 Å². The zero-order chi connectivity index (χ0) is 14.0. The number of hydrogen-bond donors (Lipinski definition) is 1. The summed E-state index contributed by atoms with van der Waals surface area (Å²) in [6.07, 6.45) is 1.15. The fraction of sp³-hybridized carbons (Fsp3) is 0.500. The molecule has 1 aliphatic heterocycles. The van der Waals surface area contributed by atoms with E-state index in [0.717, 1.165) is 31.0 Å². The molecule has 5 heteroatoms. The number of carbonyl (C=O) groups excluding carboxylic acids is 1. The van der Waals surface area contributed by atoms with E-state index in [1.165, 1.54) is 0 Å². The van der Waals surface area contributed by atoms with Crippen LogP contribution in [0.1, 0.15) is 16.8 Å². The van der Waals surface area contributed by atoms with E-state index in [1.54, 1.807) is 23.1 Å². The first-order chi connectivity index (χ1) is 8.97. The van der Waals surface area contributed by atoms with Gasteiger partial charge in [0.2, 0.25) is 0 Å². The van der Waals surface area contributed by atoms with Crippen LogP contribution in [0, 0.1) is 5.92 Å². The molecule has 104 valence electrons. The standard InChI is InChI=1S/C14H19ClN2OS/c1-16-6-5-10(8-16)9-17(2)14(18)12-7-11(19)3-4-13(12)15/h3-4,7,10,19H,5-6,8-9H2,1-2H3. The summed E-state index contributed by atoms with van der Waals surface area (Å²) in [7, 11) is 3.95. The van der Waals surface area contributed by atoms with Crippen molar-refractivity contribution in [2.24, 2.45) is 5.92 Å². The highest BCUT2D eigenvalue weighted by Crippen LogP contribution is 2.22. The maximum Gasteiger partial charge on any atom is 0.255 e. The molecule has 1 heterocycles. The number of thiol groups is 1. The van der Waals surface area contributed by atoms with Crippen molar-refractivity contribution >= 4 is 30.1 Å². The van der Waals surface area contributed by atoms with Crippen LogP contribution in [0.5, 0.6) is 0 Å². The molecule has 0 spiro atoms. The molecule has 1 atom stereocenters. The molecule has 19 heavy (non-hydrogen) atoms. The lowest BCUT2D eigenvalue weighted by molar-refractivity contribution is 0.0774. The Hall–Kier alpha value is -0.710. The Kier molecular flexibility index (Phi) is 4.76. The Morgan fingerprint density at radius 1 is 1.58 bits per heavy atom. The molecular weight excluding hydrogens is 280 g/mol. The molecule has 0 radical (unpaired) electrons. The Balaban J connectivity index is 2.04. The summed E-state index contributed by atoms with van der Waals surface area (Å²) in [5.41, 5.74) is 0.531. The molecule has 1 saturated heterocycles. The minimum absolute atomic E-state index is 0.0320. The molecule has 2 rings (SSSR count). The van der Waals surface area contributed by atoms with Crippen molar-refractivity contribution in [3.8, 4) is 0 Å². The second-order valence-corrected chi connectivity index (χ2v) is 6.19. The first-order valence-electron chi connectivity index (χ1n) is 6.40. The lowest BCUT2D eigenvalue weighted by atomic mass is 10.1. The lowest BCUT2D eigenvalue weighted by Crippen LogP contribution is -2.33. The van der Waals surface area contributed by atoms with Gasteiger partial charge in [-0.05, 0) is 44.1 Å². The average Bonchev–Trinajstić information content (AvgIpc) is 2.77. The summed E-state index contributed by atoms with van der Waals surface area (Å²) in [4.78, 5) is 17.2. The number of likely N-dealkylation sites (tertiary alicyclic amines) is 1. The normalized spacial score (nSPS) is 19.7. The third-order valence-electron chi connectivity index (χ3n) is 3.55. The van der Waals surface area contributed by atoms with Crippen LogP contribution >= 0.6 is 24.2 Å². The fourth-order valence-corrected chi connectivity index (χ4v) is 2.93. The first-order valence-corrected chi connectivity index (χ1v) is 7.22. The average molecular weight is 299 g/mol. The van der Waals surface area contributed by atoms with E-state index in [0.29, 0.717) is 16.5 Å². The molecular formula is C14H19ClN2OS. The monoisotopic (exact) mass is 298 g/mol. The van der Waals surface area contributed by atoms with Gasteiger partial charge in [0.15, 0.2) is 0 Å². The van der Waals surface area contributed by atoms with Crippen molar-refractivity contribution < 1.29 is 4.79 Å². The number of amides is 1. The van der Waals surface area contributed by atoms with E-state index < -0.39 is 0 Å². The Morgan fingerprint density at radius 2 is 2.32 bits per heavy atom. The van der Waals surface area contributed by atoms with Gasteiger partial charge in [-0.15, -0.1) is 12.6 Å². The van der Waals surface area contributed by atoms with Gasteiger partial charge >= 0.3 is 0 Å². The largest absolute Gasteiger partial charge is 0.341 e. The summed E-state index contributed by atoms with van der Waals surface area (Å²) in [5, 5.41) is 0.484. The topological polar surface area (TPSA) is 23.6 Å². The number of rotatable bonds is 3. The van der Waals surface area contributed by atoms with Crippen LogP contribution in [-0.2, 0) is 0 Å². The van der Waals surface area contributed by atoms with Gasteiger partial charge in [0, 0.05) is 25.0 Å². The summed E-state index contributed by atoms with van der Waals surface area (Å²) in [5.74, 6) is 0.521. The quantitative estimate of drug-likeness (QED) is 0.867. The first kappa shape index (κ1) is 14.7. The molecule has 0 saturated carbocycles. The molecule has 3 nitrogen and oxygen atoms in total. The molecule has 0 aromatic heterocycles. The van der Waals surface area contributed by atoms with Crippen LogP contribution < -0.4 is 0 Å². The summed E-state index contributed by atoms with van der Waals surface area (Å²) >= 11 is 10.3. The number of halogens is 1. The zero-order valence-corrected chi connectivity index (χ0v) is 12.9. The highest BCUT2D eigenvalue weighted by atomic mass is 35.5. The van der Waals surface area contributed by atoms with Crippen molar-refractivity contribution in [1.29, 1.82) is 0 Å². The zero-order valence-electron chi connectivity index (χ0n) is 11.3. The van der Waals surface area contributed by atoms with Crippen LogP contribution in [0.4, 0.5) is 0 Å². The summed E-state index contributed by atoms with van der Waals surface area (Å²) < 4.78 is 0. The van der Waals surface area contributed by atoms with Crippen molar-refractivity contribution in [1.82, 2.24) is 9.80 Å². The molecule has 0 aliphatic carbocycles. The Bertz CT molecular complexity index is 481. The molecule has 1 aromatic carbocycles. The maximum absolute atomic E-state index is 12.4. The van der Waals surface area contributed by atoms with Crippen molar-refractivity contribution in [3.63, 3.8) is 0 Å². The highest BCUT2D eigenvalue weighted by molar-refractivity contribution is 7.80. The van der Waals surface area contributed by atoms with Gasteiger partial charge in [0.25, 0.3) is 5.91 Å².